The van der Waals surface area contributed by atoms with E-state index in [0.29, 0.717) is 12.0 Å². The molecule has 4 atom stereocenters. The van der Waals surface area contributed by atoms with Crippen molar-refractivity contribution in [2.75, 3.05) is 26.2 Å². The maximum atomic E-state index is 3.61. The van der Waals surface area contributed by atoms with Crippen LogP contribution < -0.4 is 10.9 Å². The lowest BCUT2D eigenvalue weighted by Crippen LogP contribution is -2.47. The van der Waals surface area contributed by atoms with Crippen LogP contribution in [0.25, 0.3) is 0 Å². The van der Waals surface area contributed by atoms with Gasteiger partial charge in [0.05, 0.1) is 0 Å². The third-order valence-corrected chi connectivity index (χ3v) is 6.20. The molecule has 2 N–H and O–H groups in total. The van der Waals surface area contributed by atoms with Crippen molar-refractivity contribution in [1.82, 2.24) is 15.8 Å². The third-order valence-electron chi connectivity index (χ3n) is 6.20. The van der Waals surface area contributed by atoms with Gasteiger partial charge in [0.2, 0.25) is 0 Å². The Hall–Kier alpha value is -1.16. The van der Waals surface area contributed by atoms with E-state index in [4.69, 9.17) is 0 Å². The molecule has 3 nitrogen and oxygen atoms in total. The number of allylic oxidation sites excluding steroid dienone is 2. The van der Waals surface area contributed by atoms with Crippen molar-refractivity contribution in [2.24, 2.45) is 11.8 Å². The largest absolute Gasteiger partial charge is 0.303 e. The van der Waals surface area contributed by atoms with Crippen LogP contribution in [0.3, 0.4) is 0 Å². The monoisotopic (exact) mass is 325 g/mol. The van der Waals surface area contributed by atoms with Crippen LogP contribution in [0.4, 0.5) is 0 Å². The van der Waals surface area contributed by atoms with Gasteiger partial charge in [-0.15, -0.1) is 0 Å². The molecule has 2 saturated heterocycles. The van der Waals surface area contributed by atoms with Gasteiger partial charge < -0.3 is 4.90 Å². The van der Waals surface area contributed by atoms with Crippen LogP contribution in [0, 0.1) is 11.8 Å². The molecule has 4 rings (SSSR count). The van der Waals surface area contributed by atoms with E-state index in [1.807, 2.05) is 0 Å². The van der Waals surface area contributed by atoms with Crippen LogP contribution >= 0.6 is 0 Å². The molecule has 0 saturated carbocycles. The van der Waals surface area contributed by atoms with E-state index in [1.165, 1.54) is 57.3 Å². The van der Waals surface area contributed by atoms with Crippen LogP contribution in [0.15, 0.2) is 42.5 Å². The predicted octanol–water partition coefficient (Wildman–Crippen LogP) is 3.31. The zero-order valence-electron chi connectivity index (χ0n) is 14.7. The van der Waals surface area contributed by atoms with Crippen molar-refractivity contribution in [3.63, 3.8) is 0 Å². The zero-order chi connectivity index (χ0) is 16.2. The molecule has 0 bridgehead atoms. The SMILES string of the molecule is C1=CCC(CN2CCCC(C3NNCC3c3ccccc3)C2)CC1. The highest BCUT2D eigenvalue weighted by atomic mass is 15.4. The van der Waals surface area contributed by atoms with Gasteiger partial charge in [0.15, 0.2) is 0 Å². The van der Waals surface area contributed by atoms with Crippen molar-refractivity contribution < 1.29 is 0 Å². The first kappa shape index (κ1) is 16.3. The second-order valence-corrected chi connectivity index (χ2v) is 7.88. The summed E-state index contributed by atoms with van der Waals surface area (Å²) in [5, 5.41) is 0. The van der Waals surface area contributed by atoms with Crippen molar-refractivity contribution in [1.29, 1.82) is 0 Å². The molecular weight excluding hydrogens is 294 g/mol. The Labute approximate surface area is 146 Å². The molecule has 1 aromatic rings. The first-order valence-electron chi connectivity index (χ1n) is 9.81. The molecule has 2 heterocycles. The Morgan fingerprint density at radius 3 is 2.83 bits per heavy atom. The first-order valence-corrected chi connectivity index (χ1v) is 9.81. The number of benzene rings is 1. The maximum Gasteiger partial charge on any atom is 0.0334 e. The lowest BCUT2D eigenvalue weighted by Gasteiger charge is -2.39. The van der Waals surface area contributed by atoms with Gasteiger partial charge in [-0.3, -0.25) is 10.9 Å². The molecular formula is C21H31N3. The molecule has 0 aromatic heterocycles. The first-order chi connectivity index (χ1) is 11.9. The fraction of sp³-hybridized carbons (Fsp3) is 0.619. The molecule has 4 unspecified atom stereocenters. The van der Waals surface area contributed by atoms with E-state index in [2.05, 4.69) is 58.2 Å². The lowest BCUT2D eigenvalue weighted by molar-refractivity contribution is 0.125. The van der Waals surface area contributed by atoms with Gasteiger partial charge in [-0.05, 0) is 56.0 Å². The summed E-state index contributed by atoms with van der Waals surface area (Å²) in [6.45, 7) is 4.92. The quantitative estimate of drug-likeness (QED) is 0.832. The fourth-order valence-electron chi connectivity index (χ4n) is 4.92. The Morgan fingerprint density at radius 2 is 2.00 bits per heavy atom. The highest BCUT2D eigenvalue weighted by molar-refractivity contribution is 5.23. The standard InChI is InChI=1S/C21H31N3/c1-3-8-17(9-4-1)15-24-13-7-12-19(16-24)21-20(14-22-23-21)18-10-5-2-6-11-18/h1-3,5-6,10-11,17,19-23H,4,7-9,12-16H2. The van der Waals surface area contributed by atoms with Gasteiger partial charge in [-0.25, -0.2) is 0 Å². The number of rotatable bonds is 4. The molecule has 0 spiro atoms. The minimum atomic E-state index is 0.571. The van der Waals surface area contributed by atoms with Crippen LogP contribution in [-0.2, 0) is 0 Å². The van der Waals surface area contributed by atoms with Crippen molar-refractivity contribution >= 4 is 0 Å². The Kier molecular flexibility index (Phi) is 5.31. The highest BCUT2D eigenvalue weighted by Gasteiger charge is 2.36. The summed E-state index contributed by atoms with van der Waals surface area (Å²) >= 11 is 0. The van der Waals surface area contributed by atoms with Gasteiger partial charge in [0.1, 0.15) is 0 Å². The van der Waals surface area contributed by atoms with Crippen molar-refractivity contribution in [3.8, 4) is 0 Å². The molecule has 24 heavy (non-hydrogen) atoms. The zero-order valence-corrected chi connectivity index (χ0v) is 14.7. The van der Waals surface area contributed by atoms with Gasteiger partial charge >= 0.3 is 0 Å². The average molecular weight is 326 g/mol. The summed E-state index contributed by atoms with van der Waals surface area (Å²) in [6.07, 6.45) is 11.4. The second-order valence-electron chi connectivity index (χ2n) is 7.88. The molecule has 2 fully saturated rings. The van der Waals surface area contributed by atoms with Crippen LogP contribution in [0.5, 0.6) is 0 Å². The van der Waals surface area contributed by atoms with Gasteiger partial charge in [0.25, 0.3) is 0 Å². The molecule has 0 radical (unpaired) electrons. The number of hydrogen-bond donors (Lipinski definition) is 2. The van der Waals surface area contributed by atoms with E-state index in [-0.39, 0.29) is 0 Å². The lowest BCUT2D eigenvalue weighted by atomic mass is 9.81. The van der Waals surface area contributed by atoms with Crippen LogP contribution in [0.1, 0.15) is 43.6 Å². The number of nitrogens with one attached hydrogen (secondary N) is 2. The van der Waals surface area contributed by atoms with Gasteiger partial charge in [-0.2, -0.15) is 0 Å². The summed E-state index contributed by atoms with van der Waals surface area (Å²) in [7, 11) is 0. The van der Waals surface area contributed by atoms with Crippen molar-refractivity contribution in [2.45, 2.75) is 44.1 Å². The van der Waals surface area contributed by atoms with E-state index in [9.17, 15) is 0 Å². The minimum absolute atomic E-state index is 0.571. The molecule has 130 valence electrons. The smallest absolute Gasteiger partial charge is 0.0334 e. The molecule has 3 heteroatoms. The Balaban J connectivity index is 1.39. The highest BCUT2D eigenvalue weighted by Crippen LogP contribution is 2.32. The van der Waals surface area contributed by atoms with Gasteiger partial charge in [0, 0.05) is 31.6 Å². The number of hydrazine groups is 1. The summed E-state index contributed by atoms with van der Waals surface area (Å²) in [5.74, 6) is 2.25. The third kappa shape index (κ3) is 3.74. The average Bonchev–Trinajstić information content (AvgIpc) is 3.13. The predicted molar refractivity (Wildman–Crippen MR) is 99.8 cm³/mol. The number of piperidine rings is 1. The van der Waals surface area contributed by atoms with E-state index >= 15 is 0 Å². The number of nitrogens with zero attached hydrogens (tertiary/aromatic N) is 1. The minimum Gasteiger partial charge on any atom is -0.303 e. The Morgan fingerprint density at radius 1 is 1.08 bits per heavy atom. The van der Waals surface area contributed by atoms with Crippen LogP contribution in [0.2, 0.25) is 0 Å². The van der Waals surface area contributed by atoms with Gasteiger partial charge in [-0.1, -0.05) is 42.5 Å². The summed E-state index contributed by atoms with van der Waals surface area (Å²) in [4.78, 5) is 2.75. The van der Waals surface area contributed by atoms with Crippen molar-refractivity contribution in [3.05, 3.63) is 48.0 Å². The maximum absolute atomic E-state index is 3.61. The number of likely N-dealkylation sites (tertiary alicyclic amines) is 1. The number of hydrogen-bond acceptors (Lipinski definition) is 3. The second kappa shape index (κ2) is 7.81. The fourth-order valence-corrected chi connectivity index (χ4v) is 4.92. The normalized spacial score (nSPS) is 34.5. The van der Waals surface area contributed by atoms with E-state index in [1.54, 1.807) is 0 Å². The topological polar surface area (TPSA) is 27.3 Å². The molecule has 3 aliphatic rings. The molecule has 1 aliphatic carbocycles. The van der Waals surface area contributed by atoms with Crippen LogP contribution in [-0.4, -0.2) is 37.1 Å². The van der Waals surface area contributed by atoms with E-state index in [0.717, 1.165) is 18.4 Å². The molecule has 2 aliphatic heterocycles. The summed E-state index contributed by atoms with van der Waals surface area (Å²) < 4.78 is 0. The Bertz CT molecular complexity index is 541. The molecule has 1 aromatic carbocycles. The summed E-state index contributed by atoms with van der Waals surface area (Å²) in [5.41, 5.74) is 8.53. The summed E-state index contributed by atoms with van der Waals surface area (Å²) in [6, 6.07) is 11.6. The molecule has 0 amide bonds. The van der Waals surface area contributed by atoms with E-state index < -0.39 is 0 Å².